The summed E-state index contributed by atoms with van der Waals surface area (Å²) >= 11 is 7.13. The van der Waals surface area contributed by atoms with E-state index in [0.29, 0.717) is 5.88 Å². The third-order valence-electron chi connectivity index (χ3n) is 1.25. The minimum absolute atomic E-state index is 0.426. The summed E-state index contributed by atoms with van der Waals surface area (Å²) in [5.41, 5.74) is 0. The molecule has 0 aliphatic heterocycles. The number of hydrogen-bond acceptors (Lipinski definition) is 1. The van der Waals surface area contributed by atoms with Crippen molar-refractivity contribution in [2.24, 2.45) is 0 Å². The minimum atomic E-state index is 0.426. The third-order valence-corrected chi connectivity index (χ3v) is 2.27. The molecule has 0 fully saturated rings. The fourth-order valence-corrected chi connectivity index (χ4v) is 1.52. The first-order chi connectivity index (χ1) is 5.93. The Bertz CT molecular complexity index is 271. The number of rotatable bonds is 2. The normalized spacial score (nSPS) is 8.75. The highest BCUT2D eigenvalue weighted by atomic mass is 35.5. The summed E-state index contributed by atoms with van der Waals surface area (Å²) in [5, 5.41) is 0. The zero-order chi connectivity index (χ0) is 8.65. The molecule has 12 heavy (non-hydrogen) atoms. The Balaban J connectivity index is 2.34. The second-order valence-corrected chi connectivity index (χ2v) is 3.40. The highest BCUT2D eigenvalue weighted by Crippen LogP contribution is 2.15. The molecule has 0 N–H and O–H groups in total. The summed E-state index contributed by atoms with van der Waals surface area (Å²) in [7, 11) is 0. The van der Waals surface area contributed by atoms with Crippen molar-refractivity contribution < 1.29 is 0 Å². The summed E-state index contributed by atoms with van der Waals surface area (Å²) in [6, 6.07) is 10.2. The van der Waals surface area contributed by atoms with E-state index in [0.717, 1.165) is 5.75 Å². The summed E-state index contributed by atoms with van der Waals surface area (Å²) in [4.78, 5) is 1.25. The van der Waals surface area contributed by atoms with Gasteiger partial charge >= 0.3 is 0 Å². The molecule has 1 rings (SSSR count). The monoisotopic (exact) mass is 196 g/mol. The van der Waals surface area contributed by atoms with Crippen LogP contribution in [-0.4, -0.2) is 11.6 Å². The molecule has 0 radical (unpaired) electrons. The van der Waals surface area contributed by atoms with Crippen molar-refractivity contribution in [1.29, 1.82) is 0 Å². The van der Waals surface area contributed by atoms with Crippen LogP contribution in [0.4, 0.5) is 0 Å². The van der Waals surface area contributed by atoms with Crippen molar-refractivity contribution >= 4 is 23.4 Å². The van der Waals surface area contributed by atoms with Gasteiger partial charge in [0.15, 0.2) is 0 Å². The third kappa shape index (κ3) is 3.71. The fraction of sp³-hybridized carbons (Fsp3) is 0.200. The van der Waals surface area contributed by atoms with Gasteiger partial charge in [-0.1, -0.05) is 30.0 Å². The van der Waals surface area contributed by atoms with Gasteiger partial charge in [0.1, 0.15) is 0 Å². The molecular formula is C10H9ClS. The van der Waals surface area contributed by atoms with Gasteiger partial charge in [-0.25, -0.2) is 0 Å². The maximum atomic E-state index is 5.40. The number of thioether (sulfide) groups is 1. The Morgan fingerprint density at radius 3 is 2.58 bits per heavy atom. The Labute approximate surface area is 82.3 Å². The van der Waals surface area contributed by atoms with Crippen LogP contribution in [0, 0.1) is 11.8 Å². The zero-order valence-electron chi connectivity index (χ0n) is 6.59. The molecule has 0 amide bonds. The zero-order valence-corrected chi connectivity index (χ0v) is 8.16. The van der Waals surface area contributed by atoms with Crippen LogP contribution in [0.5, 0.6) is 0 Å². The van der Waals surface area contributed by atoms with Crippen LogP contribution in [0.1, 0.15) is 0 Å². The van der Waals surface area contributed by atoms with E-state index in [1.807, 2.05) is 18.2 Å². The smallest absolute Gasteiger partial charge is 0.0835 e. The lowest BCUT2D eigenvalue weighted by atomic mass is 10.4. The molecule has 2 heteroatoms. The van der Waals surface area contributed by atoms with Gasteiger partial charge in [0.25, 0.3) is 0 Å². The van der Waals surface area contributed by atoms with Crippen LogP contribution in [0.3, 0.4) is 0 Å². The lowest BCUT2D eigenvalue weighted by molar-refractivity contribution is 1.46. The molecule has 1 aromatic rings. The summed E-state index contributed by atoms with van der Waals surface area (Å²) < 4.78 is 0. The van der Waals surface area contributed by atoms with Crippen LogP contribution in [0.25, 0.3) is 0 Å². The summed E-state index contributed by atoms with van der Waals surface area (Å²) in [6.45, 7) is 0. The highest BCUT2D eigenvalue weighted by molar-refractivity contribution is 7.99. The first kappa shape index (κ1) is 9.51. The Morgan fingerprint density at radius 2 is 1.92 bits per heavy atom. The Morgan fingerprint density at radius 1 is 1.17 bits per heavy atom. The van der Waals surface area contributed by atoms with Crippen LogP contribution < -0.4 is 0 Å². The molecular weight excluding hydrogens is 188 g/mol. The van der Waals surface area contributed by atoms with Gasteiger partial charge in [0.2, 0.25) is 0 Å². The SMILES string of the molecule is ClCC#CCSc1ccccc1. The van der Waals surface area contributed by atoms with Crippen molar-refractivity contribution in [3.63, 3.8) is 0 Å². The molecule has 0 nitrogen and oxygen atoms in total. The van der Waals surface area contributed by atoms with E-state index in [-0.39, 0.29) is 0 Å². The number of alkyl halides is 1. The van der Waals surface area contributed by atoms with E-state index >= 15 is 0 Å². The van der Waals surface area contributed by atoms with Gasteiger partial charge in [0, 0.05) is 4.90 Å². The lowest BCUT2D eigenvalue weighted by Crippen LogP contribution is -1.73. The second-order valence-electron chi connectivity index (χ2n) is 2.09. The molecule has 0 unspecified atom stereocenters. The second kappa shape index (κ2) is 5.99. The number of hydrogen-bond donors (Lipinski definition) is 0. The molecule has 0 bridgehead atoms. The fourth-order valence-electron chi connectivity index (χ4n) is 0.734. The summed E-state index contributed by atoms with van der Waals surface area (Å²) in [5.74, 6) is 7.02. The van der Waals surface area contributed by atoms with Gasteiger partial charge in [0.05, 0.1) is 11.6 Å². The molecule has 1 aromatic carbocycles. The van der Waals surface area contributed by atoms with Gasteiger partial charge in [-0.3, -0.25) is 0 Å². The topological polar surface area (TPSA) is 0 Å². The van der Waals surface area contributed by atoms with Crippen molar-refractivity contribution in [3.8, 4) is 11.8 Å². The van der Waals surface area contributed by atoms with Crippen LogP contribution in [0.15, 0.2) is 35.2 Å². The Kier molecular flexibility index (Phi) is 4.75. The van der Waals surface area contributed by atoms with E-state index in [4.69, 9.17) is 11.6 Å². The highest BCUT2D eigenvalue weighted by Gasteiger charge is 1.87. The first-order valence-corrected chi connectivity index (χ1v) is 5.15. The maximum Gasteiger partial charge on any atom is 0.0835 e. The average molecular weight is 197 g/mol. The molecule has 0 saturated heterocycles. The first-order valence-electron chi connectivity index (χ1n) is 3.63. The average Bonchev–Trinajstić information content (AvgIpc) is 2.14. The quantitative estimate of drug-likeness (QED) is 0.398. The van der Waals surface area contributed by atoms with E-state index in [9.17, 15) is 0 Å². The van der Waals surface area contributed by atoms with Gasteiger partial charge < -0.3 is 0 Å². The molecule has 0 atom stereocenters. The standard InChI is InChI=1S/C10H9ClS/c11-8-4-5-9-12-10-6-2-1-3-7-10/h1-3,6-7H,8-9H2. The van der Waals surface area contributed by atoms with Crippen LogP contribution in [-0.2, 0) is 0 Å². The van der Waals surface area contributed by atoms with E-state index in [1.165, 1.54) is 4.90 Å². The van der Waals surface area contributed by atoms with Crippen molar-refractivity contribution in [2.45, 2.75) is 4.90 Å². The lowest BCUT2D eigenvalue weighted by Gasteiger charge is -1.93. The molecule has 0 aliphatic carbocycles. The predicted octanol–water partition coefficient (Wildman–Crippen LogP) is 3.02. The maximum absolute atomic E-state index is 5.40. The van der Waals surface area contributed by atoms with Crippen molar-refractivity contribution in [1.82, 2.24) is 0 Å². The molecule has 0 saturated carbocycles. The van der Waals surface area contributed by atoms with Gasteiger partial charge in [-0.05, 0) is 12.1 Å². The Hall–Kier alpha value is -0.580. The molecule has 62 valence electrons. The number of halogens is 1. The van der Waals surface area contributed by atoms with Crippen LogP contribution >= 0.6 is 23.4 Å². The predicted molar refractivity (Wildman–Crippen MR) is 55.7 cm³/mol. The molecule has 0 aromatic heterocycles. The van der Waals surface area contributed by atoms with Crippen molar-refractivity contribution in [2.75, 3.05) is 11.6 Å². The van der Waals surface area contributed by atoms with Gasteiger partial charge in [-0.15, -0.1) is 23.4 Å². The largest absolute Gasteiger partial charge is 0.113 e. The van der Waals surface area contributed by atoms with Crippen molar-refractivity contribution in [3.05, 3.63) is 30.3 Å². The molecule has 0 heterocycles. The van der Waals surface area contributed by atoms with E-state index in [2.05, 4.69) is 24.0 Å². The summed E-state index contributed by atoms with van der Waals surface area (Å²) in [6.07, 6.45) is 0. The van der Waals surface area contributed by atoms with Gasteiger partial charge in [-0.2, -0.15) is 0 Å². The van der Waals surface area contributed by atoms with E-state index < -0.39 is 0 Å². The van der Waals surface area contributed by atoms with Crippen LogP contribution in [0.2, 0.25) is 0 Å². The number of benzene rings is 1. The minimum Gasteiger partial charge on any atom is -0.113 e. The molecule has 0 spiro atoms. The molecule has 0 aliphatic rings. The van der Waals surface area contributed by atoms with E-state index in [1.54, 1.807) is 11.8 Å².